The standard InChI is InChI=1S/C19H28N2O3/c22-15-17-19(16-8-4-3-5-9-16)21(12-13-24-17)18(23)14-20-10-6-1-2-7-11-20/h3-5,8-9,17,19,22H,1-2,6-7,10-15H2/t17-,19-/m1/s1. The van der Waals surface area contributed by atoms with Gasteiger partial charge in [-0.15, -0.1) is 0 Å². The van der Waals surface area contributed by atoms with E-state index in [9.17, 15) is 9.90 Å². The first-order chi connectivity index (χ1) is 11.8. The molecule has 2 heterocycles. The van der Waals surface area contributed by atoms with Gasteiger partial charge in [0.15, 0.2) is 0 Å². The van der Waals surface area contributed by atoms with Gasteiger partial charge in [0.1, 0.15) is 6.10 Å². The van der Waals surface area contributed by atoms with Crippen LogP contribution in [0.3, 0.4) is 0 Å². The van der Waals surface area contributed by atoms with Gasteiger partial charge in [0.25, 0.3) is 0 Å². The van der Waals surface area contributed by atoms with Gasteiger partial charge in [0.05, 0.1) is 25.8 Å². The number of nitrogens with zero attached hydrogens (tertiary/aromatic N) is 2. The van der Waals surface area contributed by atoms with E-state index >= 15 is 0 Å². The Bertz CT molecular complexity index is 515. The Hall–Kier alpha value is -1.43. The first-order valence-corrected chi connectivity index (χ1v) is 9.09. The van der Waals surface area contributed by atoms with E-state index in [0.717, 1.165) is 18.7 Å². The van der Waals surface area contributed by atoms with Gasteiger partial charge in [0, 0.05) is 6.54 Å². The van der Waals surface area contributed by atoms with Gasteiger partial charge in [0.2, 0.25) is 5.91 Å². The minimum Gasteiger partial charge on any atom is -0.394 e. The van der Waals surface area contributed by atoms with Gasteiger partial charge < -0.3 is 14.7 Å². The zero-order chi connectivity index (χ0) is 16.8. The number of hydrogen-bond acceptors (Lipinski definition) is 4. The summed E-state index contributed by atoms with van der Waals surface area (Å²) < 4.78 is 5.73. The molecule has 0 radical (unpaired) electrons. The third kappa shape index (κ3) is 4.15. The molecule has 2 saturated heterocycles. The SMILES string of the molecule is O=C(CN1CCCCCC1)N1CCO[C@H](CO)[C@H]1c1ccccc1. The van der Waals surface area contributed by atoms with Gasteiger partial charge in [-0.1, -0.05) is 43.2 Å². The number of hydrogen-bond donors (Lipinski definition) is 1. The maximum atomic E-state index is 13.0. The molecule has 0 aromatic heterocycles. The maximum absolute atomic E-state index is 13.0. The van der Waals surface area contributed by atoms with Crippen molar-refractivity contribution in [2.75, 3.05) is 39.4 Å². The highest BCUT2D eigenvalue weighted by Gasteiger charge is 2.36. The van der Waals surface area contributed by atoms with E-state index in [1.165, 1.54) is 25.7 Å². The van der Waals surface area contributed by atoms with Crippen molar-refractivity contribution in [2.24, 2.45) is 0 Å². The Morgan fingerprint density at radius 1 is 1.08 bits per heavy atom. The van der Waals surface area contributed by atoms with Gasteiger partial charge in [-0.3, -0.25) is 9.69 Å². The van der Waals surface area contributed by atoms with Crippen LogP contribution in [0.5, 0.6) is 0 Å². The highest BCUT2D eigenvalue weighted by atomic mass is 16.5. The van der Waals surface area contributed by atoms with Crippen molar-refractivity contribution in [3.63, 3.8) is 0 Å². The second-order valence-electron chi connectivity index (χ2n) is 6.72. The Balaban J connectivity index is 1.74. The van der Waals surface area contributed by atoms with E-state index in [2.05, 4.69) is 4.90 Å². The molecule has 0 spiro atoms. The summed E-state index contributed by atoms with van der Waals surface area (Å²) in [5, 5.41) is 9.71. The van der Waals surface area contributed by atoms with Crippen molar-refractivity contribution < 1.29 is 14.6 Å². The molecule has 1 N–H and O–H groups in total. The third-order valence-corrected chi connectivity index (χ3v) is 5.05. The topological polar surface area (TPSA) is 53.0 Å². The van der Waals surface area contributed by atoms with Crippen LogP contribution in [0.4, 0.5) is 0 Å². The Kier molecular flexibility index (Phi) is 6.24. The molecule has 2 fully saturated rings. The molecule has 132 valence electrons. The van der Waals surface area contributed by atoms with Crippen molar-refractivity contribution in [2.45, 2.75) is 37.8 Å². The molecule has 2 atom stereocenters. The van der Waals surface area contributed by atoms with E-state index in [-0.39, 0.29) is 24.7 Å². The number of aliphatic hydroxyl groups is 1. The number of carbonyl (C=O) groups is 1. The monoisotopic (exact) mass is 332 g/mol. The van der Waals surface area contributed by atoms with Crippen LogP contribution in [0.25, 0.3) is 0 Å². The van der Waals surface area contributed by atoms with Gasteiger partial charge in [-0.2, -0.15) is 0 Å². The molecule has 5 nitrogen and oxygen atoms in total. The van der Waals surface area contributed by atoms with Crippen LogP contribution in [-0.2, 0) is 9.53 Å². The van der Waals surface area contributed by atoms with Crippen LogP contribution < -0.4 is 0 Å². The average Bonchev–Trinajstić information content (AvgIpc) is 2.90. The molecule has 0 saturated carbocycles. The fourth-order valence-electron chi connectivity index (χ4n) is 3.79. The Morgan fingerprint density at radius 2 is 1.79 bits per heavy atom. The predicted molar refractivity (Wildman–Crippen MR) is 92.6 cm³/mol. The predicted octanol–water partition coefficient (Wildman–Crippen LogP) is 1.82. The lowest BCUT2D eigenvalue weighted by molar-refractivity contribution is -0.151. The molecule has 0 unspecified atom stereocenters. The highest BCUT2D eigenvalue weighted by Crippen LogP contribution is 2.29. The summed E-state index contributed by atoms with van der Waals surface area (Å²) in [6.45, 7) is 3.49. The van der Waals surface area contributed by atoms with Crippen LogP contribution in [0, 0.1) is 0 Å². The highest BCUT2D eigenvalue weighted by molar-refractivity contribution is 5.79. The quantitative estimate of drug-likeness (QED) is 0.914. The normalized spacial score (nSPS) is 26.1. The number of rotatable bonds is 4. The number of amides is 1. The lowest BCUT2D eigenvalue weighted by Crippen LogP contribution is -2.52. The summed E-state index contributed by atoms with van der Waals surface area (Å²) in [6.07, 6.45) is 4.53. The van der Waals surface area contributed by atoms with Crippen molar-refractivity contribution in [3.8, 4) is 0 Å². The first kappa shape index (κ1) is 17.4. The zero-order valence-corrected chi connectivity index (χ0v) is 14.3. The number of likely N-dealkylation sites (tertiary alicyclic amines) is 1. The molecule has 2 aliphatic heterocycles. The molecule has 1 aromatic rings. The molecular weight excluding hydrogens is 304 g/mol. The molecular formula is C19H28N2O3. The minimum atomic E-state index is -0.353. The molecule has 0 aliphatic carbocycles. The van der Waals surface area contributed by atoms with Crippen LogP contribution in [-0.4, -0.2) is 66.3 Å². The van der Waals surface area contributed by atoms with Crippen molar-refractivity contribution >= 4 is 5.91 Å². The number of aliphatic hydroxyl groups excluding tert-OH is 1. The number of morpholine rings is 1. The summed E-state index contributed by atoms with van der Waals surface area (Å²) in [6, 6.07) is 9.71. The van der Waals surface area contributed by atoms with Crippen LogP contribution in [0.1, 0.15) is 37.3 Å². The van der Waals surface area contributed by atoms with Gasteiger partial charge in [-0.05, 0) is 31.5 Å². The molecule has 1 amide bonds. The lowest BCUT2D eigenvalue weighted by Gasteiger charge is -2.41. The Morgan fingerprint density at radius 3 is 2.46 bits per heavy atom. The second kappa shape index (κ2) is 8.60. The zero-order valence-electron chi connectivity index (χ0n) is 14.3. The largest absolute Gasteiger partial charge is 0.394 e. The number of carbonyl (C=O) groups excluding carboxylic acids is 1. The van der Waals surface area contributed by atoms with Crippen molar-refractivity contribution in [1.82, 2.24) is 9.80 Å². The van der Waals surface area contributed by atoms with E-state index in [1.54, 1.807) is 0 Å². The summed E-state index contributed by atoms with van der Waals surface area (Å²) >= 11 is 0. The molecule has 1 aromatic carbocycles. The van der Waals surface area contributed by atoms with E-state index in [1.807, 2.05) is 35.2 Å². The third-order valence-electron chi connectivity index (χ3n) is 5.05. The van der Waals surface area contributed by atoms with E-state index in [4.69, 9.17) is 4.74 Å². The summed E-state index contributed by atoms with van der Waals surface area (Å²) in [4.78, 5) is 17.2. The summed E-state index contributed by atoms with van der Waals surface area (Å²) in [5.41, 5.74) is 1.03. The van der Waals surface area contributed by atoms with Crippen LogP contribution in [0.2, 0.25) is 0 Å². The second-order valence-corrected chi connectivity index (χ2v) is 6.72. The van der Waals surface area contributed by atoms with Gasteiger partial charge >= 0.3 is 0 Å². The summed E-state index contributed by atoms with van der Waals surface area (Å²) in [7, 11) is 0. The van der Waals surface area contributed by atoms with Crippen molar-refractivity contribution in [1.29, 1.82) is 0 Å². The van der Waals surface area contributed by atoms with Gasteiger partial charge in [-0.25, -0.2) is 0 Å². The molecule has 5 heteroatoms. The first-order valence-electron chi connectivity index (χ1n) is 9.09. The van der Waals surface area contributed by atoms with E-state index in [0.29, 0.717) is 19.7 Å². The molecule has 3 rings (SSSR count). The van der Waals surface area contributed by atoms with Crippen molar-refractivity contribution in [3.05, 3.63) is 35.9 Å². The van der Waals surface area contributed by atoms with Crippen LogP contribution >= 0.6 is 0 Å². The lowest BCUT2D eigenvalue weighted by atomic mass is 9.98. The molecule has 2 aliphatic rings. The smallest absolute Gasteiger partial charge is 0.237 e. The fraction of sp³-hybridized carbons (Fsp3) is 0.632. The Labute approximate surface area is 144 Å². The van der Waals surface area contributed by atoms with E-state index < -0.39 is 0 Å². The fourth-order valence-corrected chi connectivity index (χ4v) is 3.79. The number of ether oxygens (including phenoxy) is 1. The maximum Gasteiger partial charge on any atom is 0.237 e. The van der Waals surface area contributed by atoms with Crippen LogP contribution in [0.15, 0.2) is 30.3 Å². The number of benzene rings is 1. The minimum absolute atomic E-state index is 0.0763. The molecule has 24 heavy (non-hydrogen) atoms. The molecule has 0 bridgehead atoms. The average molecular weight is 332 g/mol. The summed E-state index contributed by atoms with van der Waals surface area (Å²) in [5.74, 6) is 0.146.